The average molecular weight is 240 g/mol. The van der Waals surface area contributed by atoms with Crippen LogP contribution < -0.4 is 22.5 Å². The van der Waals surface area contributed by atoms with Crippen molar-refractivity contribution in [2.45, 2.75) is 12.5 Å². The molecule has 0 heterocycles. The highest BCUT2D eigenvalue weighted by Gasteiger charge is 2.17. The van der Waals surface area contributed by atoms with Crippen molar-refractivity contribution in [3.63, 3.8) is 0 Å². The fourth-order valence-electron chi connectivity index (χ4n) is 1.17. The molecule has 92 valence electrons. The van der Waals surface area contributed by atoms with E-state index in [-0.39, 0.29) is 17.8 Å². The third-order valence-electron chi connectivity index (χ3n) is 2.03. The molecule has 0 fully saturated rings. The summed E-state index contributed by atoms with van der Waals surface area (Å²) in [5.41, 5.74) is 16.1. The highest BCUT2D eigenvalue weighted by atomic mass is 19.1. The first-order valence-electron chi connectivity index (χ1n) is 4.80. The number of benzene rings is 1. The quantitative estimate of drug-likeness (QED) is 0.532. The molecule has 1 aromatic rings. The minimum absolute atomic E-state index is 0.106. The largest absolute Gasteiger partial charge is 0.397 e. The van der Waals surface area contributed by atoms with E-state index in [4.69, 9.17) is 17.2 Å². The molecular formula is C10H13FN4O2. The number of rotatable bonds is 4. The van der Waals surface area contributed by atoms with Crippen molar-refractivity contribution < 1.29 is 14.0 Å². The molecule has 0 aliphatic heterocycles. The zero-order valence-electron chi connectivity index (χ0n) is 8.94. The monoisotopic (exact) mass is 240 g/mol. The lowest BCUT2D eigenvalue weighted by atomic mass is 10.2. The van der Waals surface area contributed by atoms with Crippen molar-refractivity contribution in [2.75, 3.05) is 11.1 Å². The van der Waals surface area contributed by atoms with E-state index in [9.17, 15) is 14.0 Å². The Morgan fingerprint density at radius 1 is 1.41 bits per heavy atom. The molecule has 1 atom stereocenters. The first kappa shape index (κ1) is 12.9. The summed E-state index contributed by atoms with van der Waals surface area (Å²) in [5.74, 6) is -1.89. The molecule has 7 N–H and O–H groups in total. The number of nitrogens with two attached hydrogens (primary N) is 3. The standard InChI is InChI=1S/C10H13FN4O2/c11-5-1-2-6(12)8(3-5)15-10(17)7(13)4-9(14)16/h1-3,7H,4,12-13H2,(H2,14,16)(H,15,17)/t7-/m0/s1. The normalized spacial score (nSPS) is 11.9. The fraction of sp³-hybridized carbons (Fsp3) is 0.200. The molecule has 0 saturated heterocycles. The number of nitrogen functional groups attached to an aromatic ring is 1. The summed E-state index contributed by atoms with van der Waals surface area (Å²) in [4.78, 5) is 22.1. The molecule has 0 unspecified atom stereocenters. The Morgan fingerprint density at radius 2 is 2.06 bits per heavy atom. The molecule has 2 amide bonds. The summed E-state index contributed by atoms with van der Waals surface area (Å²) >= 11 is 0. The van der Waals surface area contributed by atoms with Crippen molar-refractivity contribution in [3.8, 4) is 0 Å². The van der Waals surface area contributed by atoms with Gasteiger partial charge in [0.25, 0.3) is 0 Å². The van der Waals surface area contributed by atoms with Crippen LogP contribution in [0.3, 0.4) is 0 Å². The Morgan fingerprint density at radius 3 is 2.65 bits per heavy atom. The number of primary amides is 1. The molecule has 0 spiro atoms. The van der Waals surface area contributed by atoms with Crippen LogP contribution in [0.25, 0.3) is 0 Å². The van der Waals surface area contributed by atoms with Gasteiger partial charge >= 0.3 is 0 Å². The number of anilines is 2. The van der Waals surface area contributed by atoms with Gasteiger partial charge in [-0.2, -0.15) is 0 Å². The summed E-state index contributed by atoms with van der Waals surface area (Å²) in [6.07, 6.45) is -0.291. The van der Waals surface area contributed by atoms with E-state index < -0.39 is 23.7 Å². The van der Waals surface area contributed by atoms with Gasteiger partial charge in [0.05, 0.1) is 23.8 Å². The predicted octanol–water partition coefficient (Wildman–Crippen LogP) is -0.451. The Kier molecular flexibility index (Phi) is 4.00. The molecular weight excluding hydrogens is 227 g/mol. The van der Waals surface area contributed by atoms with E-state index in [1.165, 1.54) is 6.07 Å². The molecule has 0 radical (unpaired) electrons. The van der Waals surface area contributed by atoms with Crippen LogP contribution in [0.4, 0.5) is 15.8 Å². The molecule has 1 rings (SSSR count). The Balaban J connectivity index is 2.73. The number of hydrogen-bond donors (Lipinski definition) is 4. The van der Waals surface area contributed by atoms with Crippen LogP contribution in [-0.4, -0.2) is 17.9 Å². The van der Waals surface area contributed by atoms with Gasteiger partial charge in [0.15, 0.2) is 0 Å². The van der Waals surface area contributed by atoms with Gasteiger partial charge in [-0.15, -0.1) is 0 Å². The van der Waals surface area contributed by atoms with E-state index in [0.717, 1.165) is 12.1 Å². The summed E-state index contributed by atoms with van der Waals surface area (Å²) < 4.78 is 12.9. The van der Waals surface area contributed by atoms with E-state index in [1.54, 1.807) is 0 Å². The number of amides is 2. The Bertz CT molecular complexity index is 450. The van der Waals surface area contributed by atoms with E-state index in [2.05, 4.69) is 5.32 Å². The number of halogens is 1. The zero-order chi connectivity index (χ0) is 13.0. The van der Waals surface area contributed by atoms with Crippen molar-refractivity contribution in [3.05, 3.63) is 24.0 Å². The SMILES string of the molecule is NC(=O)C[C@H](N)C(=O)Nc1cc(F)ccc1N. The maximum Gasteiger partial charge on any atom is 0.241 e. The Hall–Kier alpha value is -2.15. The van der Waals surface area contributed by atoms with Crippen molar-refractivity contribution in [2.24, 2.45) is 11.5 Å². The van der Waals surface area contributed by atoms with Gasteiger partial charge in [0.2, 0.25) is 11.8 Å². The second kappa shape index (κ2) is 5.26. The minimum Gasteiger partial charge on any atom is -0.397 e. The third-order valence-corrected chi connectivity index (χ3v) is 2.03. The molecule has 17 heavy (non-hydrogen) atoms. The second-order valence-corrected chi connectivity index (χ2v) is 3.50. The van der Waals surface area contributed by atoms with Gasteiger partial charge in [-0.1, -0.05) is 0 Å². The molecule has 1 aromatic carbocycles. The number of hydrogen-bond acceptors (Lipinski definition) is 4. The molecule has 0 bridgehead atoms. The smallest absolute Gasteiger partial charge is 0.241 e. The molecule has 0 aromatic heterocycles. The van der Waals surface area contributed by atoms with Crippen LogP contribution in [0.15, 0.2) is 18.2 Å². The van der Waals surface area contributed by atoms with Gasteiger partial charge in [-0.25, -0.2) is 4.39 Å². The van der Waals surface area contributed by atoms with E-state index in [1.807, 2.05) is 0 Å². The fourth-order valence-corrected chi connectivity index (χ4v) is 1.17. The first-order chi connectivity index (χ1) is 7.90. The Labute approximate surface area is 96.9 Å². The maximum atomic E-state index is 12.9. The van der Waals surface area contributed by atoms with Gasteiger partial charge in [0, 0.05) is 0 Å². The molecule has 0 aliphatic rings. The lowest BCUT2D eigenvalue weighted by molar-refractivity contribution is -0.123. The van der Waals surface area contributed by atoms with Crippen molar-refractivity contribution in [1.29, 1.82) is 0 Å². The minimum atomic E-state index is -1.09. The highest BCUT2D eigenvalue weighted by Crippen LogP contribution is 2.19. The lowest BCUT2D eigenvalue weighted by Gasteiger charge is -2.12. The van der Waals surface area contributed by atoms with Crippen LogP contribution in [0.1, 0.15) is 6.42 Å². The maximum absolute atomic E-state index is 12.9. The molecule has 0 saturated carbocycles. The van der Waals surface area contributed by atoms with Gasteiger partial charge in [-0.05, 0) is 18.2 Å². The zero-order valence-corrected chi connectivity index (χ0v) is 8.94. The lowest BCUT2D eigenvalue weighted by Crippen LogP contribution is -2.39. The predicted molar refractivity (Wildman–Crippen MR) is 61.2 cm³/mol. The second-order valence-electron chi connectivity index (χ2n) is 3.50. The molecule has 0 aliphatic carbocycles. The van der Waals surface area contributed by atoms with Crippen LogP contribution in [0.2, 0.25) is 0 Å². The average Bonchev–Trinajstić information content (AvgIpc) is 2.22. The first-order valence-corrected chi connectivity index (χ1v) is 4.80. The number of nitrogens with one attached hydrogen (secondary N) is 1. The van der Waals surface area contributed by atoms with Gasteiger partial charge in [-0.3, -0.25) is 9.59 Å². The summed E-state index contributed by atoms with van der Waals surface area (Å²) in [6, 6.07) is 2.44. The number of carbonyl (C=O) groups excluding carboxylic acids is 2. The van der Waals surface area contributed by atoms with Crippen LogP contribution in [-0.2, 0) is 9.59 Å². The summed E-state index contributed by atoms with van der Waals surface area (Å²) in [7, 11) is 0. The van der Waals surface area contributed by atoms with Crippen LogP contribution >= 0.6 is 0 Å². The summed E-state index contributed by atoms with van der Waals surface area (Å²) in [5, 5.41) is 2.32. The summed E-state index contributed by atoms with van der Waals surface area (Å²) in [6.45, 7) is 0. The van der Waals surface area contributed by atoms with Crippen LogP contribution in [0, 0.1) is 5.82 Å². The van der Waals surface area contributed by atoms with Gasteiger partial charge < -0.3 is 22.5 Å². The third kappa shape index (κ3) is 3.72. The molecule has 7 heteroatoms. The number of carbonyl (C=O) groups is 2. The van der Waals surface area contributed by atoms with E-state index in [0.29, 0.717) is 0 Å². The van der Waals surface area contributed by atoms with E-state index >= 15 is 0 Å². The van der Waals surface area contributed by atoms with Gasteiger partial charge in [0.1, 0.15) is 5.82 Å². The van der Waals surface area contributed by atoms with Crippen molar-refractivity contribution in [1.82, 2.24) is 0 Å². The van der Waals surface area contributed by atoms with Crippen molar-refractivity contribution >= 4 is 23.2 Å². The van der Waals surface area contributed by atoms with Crippen LogP contribution in [0.5, 0.6) is 0 Å². The topological polar surface area (TPSA) is 124 Å². The molecule has 6 nitrogen and oxygen atoms in total. The highest BCUT2D eigenvalue weighted by molar-refractivity contribution is 5.99.